The van der Waals surface area contributed by atoms with E-state index in [4.69, 9.17) is 0 Å². The summed E-state index contributed by atoms with van der Waals surface area (Å²) >= 11 is 0. The third-order valence-electron chi connectivity index (χ3n) is 1.88. The molecule has 1 aromatic rings. The summed E-state index contributed by atoms with van der Waals surface area (Å²) in [5, 5.41) is 0. The molecule has 0 radical (unpaired) electrons. The summed E-state index contributed by atoms with van der Waals surface area (Å²) in [6, 6.07) is 6.34. The molecule has 0 unspecified atom stereocenters. The number of benzene rings is 1. The van der Waals surface area contributed by atoms with Crippen molar-refractivity contribution in [1.82, 2.24) is 0 Å². The first-order chi connectivity index (χ1) is 5.77. The van der Waals surface area contributed by atoms with Crippen molar-refractivity contribution < 1.29 is 0 Å². The smallest absolute Gasteiger partial charge is 0.0230 e. The zero-order valence-corrected chi connectivity index (χ0v) is 7.67. The van der Waals surface area contributed by atoms with E-state index in [0.717, 1.165) is 0 Å². The van der Waals surface area contributed by atoms with Crippen molar-refractivity contribution >= 4 is 12.2 Å². The zero-order chi connectivity index (χ0) is 8.97. The van der Waals surface area contributed by atoms with Crippen molar-refractivity contribution in [3.05, 3.63) is 47.5 Å². The molecule has 0 aliphatic carbocycles. The van der Waals surface area contributed by atoms with E-state index in [0.29, 0.717) is 0 Å². The third-order valence-corrected chi connectivity index (χ3v) is 1.88. The molecule has 0 heteroatoms. The van der Waals surface area contributed by atoms with Crippen molar-refractivity contribution in [2.45, 2.75) is 13.8 Å². The molecule has 1 rings (SSSR count). The summed E-state index contributed by atoms with van der Waals surface area (Å²) in [7, 11) is 0. The zero-order valence-electron chi connectivity index (χ0n) is 7.67. The minimum atomic E-state index is 1.18. The van der Waals surface area contributed by atoms with Crippen molar-refractivity contribution in [1.29, 1.82) is 0 Å². The SMILES string of the molecule is C=Cc1ccc(/C=C\C)c(C)c1. The maximum atomic E-state index is 3.73. The van der Waals surface area contributed by atoms with Crippen LogP contribution in [0.2, 0.25) is 0 Å². The van der Waals surface area contributed by atoms with Crippen LogP contribution >= 0.6 is 0 Å². The van der Waals surface area contributed by atoms with Crippen molar-refractivity contribution in [3.63, 3.8) is 0 Å². The average molecular weight is 158 g/mol. The standard InChI is InChI=1S/C12H14/c1-4-6-12-8-7-11(5-2)9-10(12)3/h4-9H,2H2,1,3H3/b6-4-. The van der Waals surface area contributed by atoms with Crippen LogP contribution in [0.5, 0.6) is 0 Å². The van der Waals surface area contributed by atoms with Crippen LogP contribution in [0.3, 0.4) is 0 Å². The quantitative estimate of drug-likeness (QED) is 0.616. The van der Waals surface area contributed by atoms with Gasteiger partial charge in [0.15, 0.2) is 0 Å². The van der Waals surface area contributed by atoms with Crippen LogP contribution in [0, 0.1) is 6.92 Å². The van der Waals surface area contributed by atoms with Gasteiger partial charge < -0.3 is 0 Å². The fourth-order valence-electron chi connectivity index (χ4n) is 1.19. The minimum Gasteiger partial charge on any atom is -0.0985 e. The number of aryl methyl sites for hydroxylation is 1. The third kappa shape index (κ3) is 1.85. The van der Waals surface area contributed by atoms with Gasteiger partial charge in [-0.15, -0.1) is 0 Å². The highest BCUT2D eigenvalue weighted by Gasteiger charge is 1.93. The topological polar surface area (TPSA) is 0 Å². The molecular formula is C12H14. The molecule has 0 bridgehead atoms. The lowest BCUT2D eigenvalue weighted by Gasteiger charge is -2.00. The Bertz CT molecular complexity index is 306. The van der Waals surface area contributed by atoms with Crippen molar-refractivity contribution in [2.75, 3.05) is 0 Å². The van der Waals surface area contributed by atoms with Crippen LogP contribution in [0.25, 0.3) is 12.2 Å². The molecule has 12 heavy (non-hydrogen) atoms. The fraction of sp³-hybridized carbons (Fsp3) is 0.167. The van der Waals surface area contributed by atoms with Crippen LogP contribution in [0.4, 0.5) is 0 Å². The summed E-state index contributed by atoms with van der Waals surface area (Å²) in [4.78, 5) is 0. The van der Waals surface area contributed by atoms with Gasteiger partial charge in [-0.2, -0.15) is 0 Å². The van der Waals surface area contributed by atoms with Gasteiger partial charge in [-0.05, 0) is 30.5 Å². The second-order valence-electron chi connectivity index (χ2n) is 2.82. The van der Waals surface area contributed by atoms with E-state index in [1.54, 1.807) is 0 Å². The molecule has 0 amide bonds. The van der Waals surface area contributed by atoms with E-state index in [-0.39, 0.29) is 0 Å². The molecule has 0 nitrogen and oxygen atoms in total. The van der Waals surface area contributed by atoms with E-state index in [2.05, 4.69) is 43.9 Å². The van der Waals surface area contributed by atoms with Crippen LogP contribution in [0.1, 0.15) is 23.6 Å². The largest absolute Gasteiger partial charge is 0.0985 e. The van der Waals surface area contributed by atoms with E-state index in [1.165, 1.54) is 16.7 Å². The molecular weight excluding hydrogens is 144 g/mol. The van der Waals surface area contributed by atoms with Gasteiger partial charge >= 0.3 is 0 Å². The highest BCUT2D eigenvalue weighted by atomic mass is 14.0. The first-order valence-electron chi connectivity index (χ1n) is 4.13. The van der Waals surface area contributed by atoms with Crippen LogP contribution in [-0.2, 0) is 0 Å². The molecule has 0 spiro atoms. The molecule has 0 aliphatic rings. The molecule has 0 saturated heterocycles. The Balaban J connectivity index is 3.11. The van der Waals surface area contributed by atoms with Crippen LogP contribution in [0.15, 0.2) is 30.9 Å². The maximum Gasteiger partial charge on any atom is -0.0230 e. The number of rotatable bonds is 2. The van der Waals surface area contributed by atoms with E-state index in [1.807, 2.05) is 13.0 Å². The Morgan fingerprint density at radius 3 is 2.58 bits per heavy atom. The monoisotopic (exact) mass is 158 g/mol. The molecule has 0 aliphatic heterocycles. The molecule has 0 saturated carbocycles. The predicted molar refractivity (Wildman–Crippen MR) is 56.0 cm³/mol. The molecule has 0 aromatic heterocycles. The average Bonchev–Trinajstić information content (AvgIpc) is 2.09. The summed E-state index contributed by atoms with van der Waals surface area (Å²) in [5.41, 5.74) is 3.76. The Hall–Kier alpha value is -1.30. The molecule has 0 fully saturated rings. The van der Waals surface area contributed by atoms with Crippen molar-refractivity contribution in [2.24, 2.45) is 0 Å². The highest BCUT2D eigenvalue weighted by Crippen LogP contribution is 2.13. The molecule has 1 aromatic carbocycles. The van der Waals surface area contributed by atoms with Gasteiger partial charge in [0.2, 0.25) is 0 Å². The summed E-state index contributed by atoms with van der Waals surface area (Å²) < 4.78 is 0. The lowest BCUT2D eigenvalue weighted by Crippen LogP contribution is -1.81. The second kappa shape index (κ2) is 3.91. The van der Waals surface area contributed by atoms with Gasteiger partial charge in [-0.3, -0.25) is 0 Å². The van der Waals surface area contributed by atoms with E-state index < -0.39 is 0 Å². The lowest BCUT2D eigenvalue weighted by atomic mass is 10.0. The first kappa shape index (κ1) is 8.79. The summed E-state index contributed by atoms with van der Waals surface area (Å²) in [6.07, 6.45) is 6.03. The van der Waals surface area contributed by atoms with Gasteiger partial charge in [-0.25, -0.2) is 0 Å². The molecule has 62 valence electrons. The van der Waals surface area contributed by atoms with Gasteiger partial charge in [0, 0.05) is 0 Å². The van der Waals surface area contributed by atoms with Gasteiger partial charge in [0.05, 0.1) is 0 Å². The minimum absolute atomic E-state index is 1.18. The predicted octanol–water partition coefficient (Wildman–Crippen LogP) is 3.67. The molecule has 0 N–H and O–H groups in total. The van der Waals surface area contributed by atoms with E-state index in [9.17, 15) is 0 Å². The van der Waals surface area contributed by atoms with Crippen molar-refractivity contribution in [3.8, 4) is 0 Å². The summed E-state index contributed by atoms with van der Waals surface area (Å²) in [5.74, 6) is 0. The first-order valence-corrected chi connectivity index (χ1v) is 4.13. The normalized spacial score (nSPS) is 10.5. The Morgan fingerprint density at radius 1 is 1.33 bits per heavy atom. The molecule has 0 atom stereocenters. The lowest BCUT2D eigenvalue weighted by molar-refractivity contribution is 1.43. The Kier molecular flexibility index (Phi) is 2.87. The maximum absolute atomic E-state index is 3.73. The van der Waals surface area contributed by atoms with E-state index >= 15 is 0 Å². The summed E-state index contributed by atoms with van der Waals surface area (Å²) in [6.45, 7) is 7.87. The number of hydrogen-bond acceptors (Lipinski definition) is 0. The van der Waals surface area contributed by atoms with Gasteiger partial charge in [-0.1, -0.05) is 43.0 Å². The Labute approximate surface area is 74.2 Å². The number of hydrogen-bond donors (Lipinski definition) is 0. The Morgan fingerprint density at radius 2 is 2.08 bits per heavy atom. The molecule has 0 heterocycles. The highest BCUT2D eigenvalue weighted by molar-refractivity contribution is 5.58. The van der Waals surface area contributed by atoms with Gasteiger partial charge in [0.1, 0.15) is 0 Å². The fourth-order valence-corrected chi connectivity index (χ4v) is 1.19. The van der Waals surface area contributed by atoms with Crippen LogP contribution < -0.4 is 0 Å². The van der Waals surface area contributed by atoms with Gasteiger partial charge in [0.25, 0.3) is 0 Å². The number of allylic oxidation sites excluding steroid dienone is 1. The second-order valence-corrected chi connectivity index (χ2v) is 2.82. The van der Waals surface area contributed by atoms with Crippen LogP contribution in [-0.4, -0.2) is 0 Å².